The van der Waals surface area contributed by atoms with Crippen molar-refractivity contribution in [2.75, 3.05) is 13.4 Å². The Bertz CT molecular complexity index is 793. The van der Waals surface area contributed by atoms with E-state index in [1.165, 1.54) is 23.5 Å². The summed E-state index contributed by atoms with van der Waals surface area (Å²) in [7, 11) is 1.64. The Morgan fingerprint density at radius 3 is 2.81 bits per heavy atom. The van der Waals surface area contributed by atoms with Crippen LogP contribution in [0, 0.1) is 0 Å². The Morgan fingerprint density at radius 2 is 2.05 bits per heavy atom. The van der Waals surface area contributed by atoms with Crippen LogP contribution in [0.15, 0.2) is 39.6 Å². The maximum Gasteiger partial charge on any atom is 0.189 e. The molecule has 0 aliphatic rings. The lowest BCUT2D eigenvalue weighted by molar-refractivity contribution is 0.415. The van der Waals surface area contributed by atoms with Crippen molar-refractivity contribution < 1.29 is 4.74 Å². The lowest BCUT2D eigenvalue weighted by Crippen LogP contribution is -1.89. The first-order valence-electron chi connectivity index (χ1n) is 5.98. The molecule has 108 valence electrons. The summed E-state index contributed by atoms with van der Waals surface area (Å²) in [4.78, 5) is 16.3. The normalized spacial score (nSPS) is 11.0. The molecule has 21 heavy (non-hydrogen) atoms. The summed E-state index contributed by atoms with van der Waals surface area (Å²) in [6, 6.07) is 7.42. The Kier molecular flexibility index (Phi) is 4.23. The molecule has 2 aromatic heterocycles. The van der Waals surface area contributed by atoms with E-state index < -0.39 is 0 Å². The molecule has 3 aromatic rings. The highest BCUT2D eigenvalue weighted by Crippen LogP contribution is 2.29. The number of methoxy groups -OCH3 is 1. The number of rotatable bonds is 4. The van der Waals surface area contributed by atoms with Gasteiger partial charge in [-0.25, -0.2) is 15.0 Å². The lowest BCUT2D eigenvalue weighted by atomic mass is 10.3. The predicted octanol–water partition coefficient (Wildman–Crippen LogP) is 3.89. The number of thioether (sulfide) groups is 1. The smallest absolute Gasteiger partial charge is 0.189 e. The highest BCUT2D eigenvalue weighted by molar-refractivity contribution is 7.99. The number of ether oxygens (including phenoxy) is 1. The van der Waals surface area contributed by atoms with E-state index in [9.17, 15) is 0 Å². The first-order chi connectivity index (χ1) is 10.2. The van der Waals surface area contributed by atoms with Gasteiger partial charge in [-0.3, -0.25) is 0 Å². The third kappa shape index (κ3) is 3.25. The minimum atomic E-state index is 0.426. The topological polar surface area (TPSA) is 63.7 Å². The number of nitrogens with zero attached hydrogens (tertiary/aromatic N) is 3. The SMILES string of the molecule is COc1ccc2nc(Sc3cc(Cl)nc(SC)n3)[nH]c2c1. The standard InChI is InChI=1S/C13H11ClN4OS2/c1-19-7-3-4-8-9(5-7)16-13(15-8)21-11-6-10(14)17-12(18-11)20-2/h3-6H,1-2H3,(H,15,16). The summed E-state index contributed by atoms with van der Waals surface area (Å²) in [5.41, 5.74) is 1.80. The van der Waals surface area contributed by atoms with Crippen LogP contribution in [-0.2, 0) is 0 Å². The van der Waals surface area contributed by atoms with Gasteiger partial charge < -0.3 is 9.72 Å². The Hall–Kier alpha value is -1.44. The van der Waals surface area contributed by atoms with Crippen LogP contribution in [0.5, 0.6) is 5.75 Å². The zero-order valence-corrected chi connectivity index (χ0v) is 13.6. The molecule has 0 amide bonds. The number of hydrogen-bond donors (Lipinski definition) is 1. The minimum absolute atomic E-state index is 0.426. The van der Waals surface area contributed by atoms with E-state index in [-0.39, 0.29) is 0 Å². The van der Waals surface area contributed by atoms with Crippen LogP contribution >= 0.6 is 35.1 Å². The van der Waals surface area contributed by atoms with E-state index in [0.717, 1.165) is 27.0 Å². The maximum absolute atomic E-state index is 5.99. The molecule has 5 nitrogen and oxygen atoms in total. The van der Waals surface area contributed by atoms with Crippen LogP contribution in [0.2, 0.25) is 5.15 Å². The Labute approximate surface area is 134 Å². The fourth-order valence-corrected chi connectivity index (χ4v) is 3.30. The third-order valence-corrected chi connectivity index (χ3v) is 4.25. The fourth-order valence-electron chi connectivity index (χ4n) is 1.76. The second kappa shape index (κ2) is 6.13. The van der Waals surface area contributed by atoms with Gasteiger partial charge in [0.2, 0.25) is 0 Å². The predicted molar refractivity (Wildman–Crippen MR) is 85.6 cm³/mol. The second-order valence-electron chi connectivity index (χ2n) is 4.04. The van der Waals surface area contributed by atoms with Crippen LogP contribution in [0.3, 0.4) is 0 Å². The van der Waals surface area contributed by atoms with Gasteiger partial charge in [0.25, 0.3) is 0 Å². The maximum atomic E-state index is 5.99. The van der Waals surface area contributed by atoms with E-state index in [0.29, 0.717) is 10.3 Å². The average molecular weight is 339 g/mol. The van der Waals surface area contributed by atoms with Crippen LogP contribution in [0.4, 0.5) is 0 Å². The molecule has 0 aliphatic heterocycles. The molecule has 0 unspecified atom stereocenters. The monoisotopic (exact) mass is 338 g/mol. The first-order valence-corrected chi connectivity index (χ1v) is 8.40. The molecule has 1 aromatic carbocycles. The molecule has 0 radical (unpaired) electrons. The van der Waals surface area contributed by atoms with Crippen molar-refractivity contribution in [3.8, 4) is 5.75 Å². The summed E-state index contributed by atoms with van der Waals surface area (Å²) >= 11 is 8.85. The molecule has 0 spiro atoms. The molecule has 0 saturated carbocycles. The molecule has 0 saturated heterocycles. The quantitative estimate of drug-likeness (QED) is 0.442. The Balaban J connectivity index is 1.92. The molecular weight excluding hydrogens is 328 g/mol. The number of aromatic amines is 1. The van der Waals surface area contributed by atoms with Crippen LogP contribution in [0.25, 0.3) is 11.0 Å². The number of benzene rings is 1. The number of H-pyrrole nitrogens is 1. The summed E-state index contributed by atoms with van der Waals surface area (Å²) in [6.45, 7) is 0. The van der Waals surface area contributed by atoms with Gasteiger partial charge in [-0.15, -0.1) is 0 Å². The highest BCUT2D eigenvalue weighted by Gasteiger charge is 2.09. The lowest BCUT2D eigenvalue weighted by Gasteiger charge is -2.00. The van der Waals surface area contributed by atoms with E-state index in [1.807, 2.05) is 24.5 Å². The van der Waals surface area contributed by atoms with Crippen molar-refractivity contribution in [2.45, 2.75) is 15.3 Å². The second-order valence-corrected chi connectivity index (χ2v) is 6.21. The summed E-state index contributed by atoms with van der Waals surface area (Å²) in [5, 5.41) is 2.57. The first kappa shape index (κ1) is 14.5. The van der Waals surface area contributed by atoms with Gasteiger partial charge >= 0.3 is 0 Å². The highest BCUT2D eigenvalue weighted by atomic mass is 35.5. The van der Waals surface area contributed by atoms with Crippen LogP contribution in [-0.4, -0.2) is 33.3 Å². The number of hydrogen-bond acceptors (Lipinski definition) is 6. The molecule has 0 atom stereocenters. The van der Waals surface area contributed by atoms with Crippen molar-refractivity contribution in [3.05, 3.63) is 29.4 Å². The van der Waals surface area contributed by atoms with Gasteiger partial charge in [0.1, 0.15) is 15.9 Å². The number of halogens is 1. The van der Waals surface area contributed by atoms with Crippen molar-refractivity contribution in [2.24, 2.45) is 0 Å². The zero-order valence-electron chi connectivity index (χ0n) is 11.3. The van der Waals surface area contributed by atoms with E-state index >= 15 is 0 Å². The van der Waals surface area contributed by atoms with Gasteiger partial charge in [-0.1, -0.05) is 23.4 Å². The van der Waals surface area contributed by atoms with Crippen LogP contribution < -0.4 is 4.74 Å². The fraction of sp³-hybridized carbons (Fsp3) is 0.154. The van der Waals surface area contributed by atoms with E-state index in [1.54, 1.807) is 13.2 Å². The van der Waals surface area contributed by atoms with Crippen molar-refractivity contribution >= 4 is 46.2 Å². The molecule has 1 N–H and O–H groups in total. The van der Waals surface area contributed by atoms with E-state index in [4.69, 9.17) is 16.3 Å². The molecule has 8 heteroatoms. The summed E-state index contributed by atoms with van der Waals surface area (Å²) < 4.78 is 5.20. The van der Waals surface area contributed by atoms with Gasteiger partial charge in [0, 0.05) is 12.1 Å². The number of imidazole rings is 1. The minimum Gasteiger partial charge on any atom is -0.497 e. The number of fused-ring (bicyclic) bond motifs is 1. The molecule has 0 fully saturated rings. The average Bonchev–Trinajstić information content (AvgIpc) is 2.87. The molecule has 2 heterocycles. The zero-order chi connectivity index (χ0) is 14.8. The number of nitrogens with one attached hydrogen (secondary N) is 1. The van der Waals surface area contributed by atoms with Gasteiger partial charge in [0.05, 0.1) is 18.1 Å². The van der Waals surface area contributed by atoms with E-state index in [2.05, 4.69) is 19.9 Å². The van der Waals surface area contributed by atoms with Gasteiger partial charge in [-0.2, -0.15) is 0 Å². The number of aromatic nitrogens is 4. The molecule has 0 bridgehead atoms. The third-order valence-electron chi connectivity index (χ3n) is 2.70. The van der Waals surface area contributed by atoms with Crippen LogP contribution in [0.1, 0.15) is 0 Å². The Morgan fingerprint density at radius 1 is 1.19 bits per heavy atom. The largest absolute Gasteiger partial charge is 0.497 e. The van der Waals surface area contributed by atoms with Crippen molar-refractivity contribution in [3.63, 3.8) is 0 Å². The van der Waals surface area contributed by atoms with Gasteiger partial charge in [0.15, 0.2) is 10.3 Å². The van der Waals surface area contributed by atoms with Crippen molar-refractivity contribution in [1.82, 2.24) is 19.9 Å². The molecule has 3 rings (SSSR count). The van der Waals surface area contributed by atoms with Gasteiger partial charge in [-0.05, 0) is 30.2 Å². The molecular formula is C13H11ClN4OS2. The molecule has 0 aliphatic carbocycles. The summed E-state index contributed by atoms with van der Waals surface area (Å²) in [6.07, 6.45) is 1.91. The van der Waals surface area contributed by atoms with Crippen molar-refractivity contribution in [1.29, 1.82) is 0 Å². The summed E-state index contributed by atoms with van der Waals surface area (Å²) in [5.74, 6) is 0.789.